The van der Waals surface area contributed by atoms with E-state index >= 15 is 0 Å². The Morgan fingerprint density at radius 3 is 2.44 bits per heavy atom. The van der Waals surface area contributed by atoms with Gasteiger partial charge in [-0.2, -0.15) is 13.2 Å². The van der Waals surface area contributed by atoms with E-state index < -0.39 is 17.7 Å². The molecule has 3 nitrogen and oxygen atoms in total. The predicted octanol–water partition coefficient (Wildman–Crippen LogP) is 2.08. The van der Waals surface area contributed by atoms with Gasteiger partial charge in [-0.25, -0.2) is 0 Å². The van der Waals surface area contributed by atoms with Crippen LogP contribution in [0.15, 0.2) is 29.2 Å². The maximum Gasteiger partial charge on any atom is 0.446 e. The number of rotatable bonds is 5. The van der Waals surface area contributed by atoms with Crippen LogP contribution in [0.5, 0.6) is 0 Å². The van der Waals surface area contributed by atoms with Crippen LogP contribution in [0.4, 0.5) is 13.2 Å². The number of benzene rings is 1. The minimum Gasteiger partial charge on any atom is -0.396 e. The second kappa shape index (κ2) is 6.42. The predicted molar refractivity (Wildman–Crippen MR) is 61.0 cm³/mol. The Morgan fingerprint density at radius 1 is 1.22 bits per heavy atom. The van der Waals surface area contributed by atoms with Crippen LogP contribution >= 0.6 is 11.8 Å². The van der Waals surface area contributed by atoms with Crippen molar-refractivity contribution in [1.29, 1.82) is 0 Å². The van der Waals surface area contributed by atoms with Crippen molar-refractivity contribution >= 4 is 11.8 Å². The van der Waals surface area contributed by atoms with E-state index in [0.717, 1.165) is 0 Å². The lowest BCUT2D eigenvalue weighted by Crippen LogP contribution is -2.19. The van der Waals surface area contributed by atoms with Gasteiger partial charge in [0.2, 0.25) is 0 Å². The summed E-state index contributed by atoms with van der Waals surface area (Å²) in [6, 6.07) is 5.24. The van der Waals surface area contributed by atoms with Crippen molar-refractivity contribution in [3.8, 4) is 0 Å². The fourth-order valence-electron chi connectivity index (χ4n) is 1.41. The van der Waals surface area contributed by atoms with Gasteiger partial charge in [0.25, 0.3) is 0 Å². The molecule has 0 radical (unpaired) electrons. The zero-order valence-corrected chi connectivity index (χ0v) is 10.1. The van der Waals surface area contributed by atoms with Gasteiger partial charge in [-0.05, 0) is 35.9 Å². The van der Waals surface area contributed by atoms with E-state index in [9.17, 15) is 23.4 Å². The lowest BCUT2D eigenvalue weighted by atomic mass is 10.0. The Morgan fingerprint density at radius 2 is 1.89 bits per heavy atom. The minimum atomic E-state index is -4.40. The minimum absolute atomic E-state index is 0.0438. The Balaban J connectivity index is 2.81. The first-order valence-corrected chi connectivity index (χ1v) is 5.98. The Labute approximate surface area is 106 Å². The molecule has 0 bridgehead atoms. The number of alkyl halides is 3. The zero-order chi connectivity index (χ0) is 13.8. The third kappa shape index (κ3) is 4.85. The molecule has 1 rings (SSSR count). The van der Waals surface area contributed by atoms with Crippen LogP contribution in [0.3, 0.4) is 0 Å². The first kappa shape index (κ1) is 15.3. The molecule has 0 aliphatic rings. The molecule has 0 saturated carbocycles. The molecule has 1 aromatic rings. The van der Waals surface area contributed by atoms with Gasteiger partial charge in [0.05, 0.1) is 6.10 Å². The lowest BCUT2D eigenvalue weighted by molar-refractivity contribution is -0.0328. The number of thioether (sulfide) groups is 1. The van der Waals surface area contributed by atoms with Gasteiger partial charge in [-0.15, -0.1) is 0 Å². The monoisotopic (exact) mass is 282 g/mol. The number of hydrogen-bond acceptors (Lipinski definition) is 4. The molecule has 3 N–H and O–H groups in total. The normalized spacial score (nSPS) is 15.4. The van der Waals surface area contributed by atoms with Crippen LogP contribution < -0.4 is 0 Å². The smallest absolute Gasteiger partial charge is 0.396 e. The van der Waals surface area contributed by atoms with Crippen molar-refractivity contribution in [1.82, 2.24) is 0 Å². The average molecular weight is 282 g/mol. The maximum atomic E-state index is 12.2. The molecule has 18 heavy (non-hydrogen) atoms. The van der Waals surface area contributed by atoms with Gasteiger partial charge >= 0.3 is 5.51 Å². The van der Waals surface area contributed by atoms with Crippen molar-refractivity contribution in [2.75, 3.05) is 6.61 Å². The molecule has 0 aliphatic heterocycles. The second-order valence-electron chi connectivity index (χ2n) is 3.64. The highest BCUT2D eigenvalue weighted by Crippen LogP contribution is 2.37. The highest BCUT2D eigenvalue weighted by molar-refractivity contribution is 8.00. The summed E-state index contributed by atoms with van der Waals surface area (Å²) in [7, 11) is 0. The number of aliphatic hydroxyl groups is 3. The highest BCUT2D eigenvalue weighted by atomic mass is 32.2. The lowest BCUT2D eigenvalue weighted by Gasteiger charge is -2.18. The molecule has 2 atom stereocenters. The fourth-order valence-corrected chi connectivity index (χ4v) is 2.02. The fraction of sp³-hybridized carbons (Fsp3) is 0.455. The van der Waals surface area contributed by atoms with Gasteiger partial charge in [-0.3, -0.25) is 0 Å². The summed E-state index contributed by atoms with van der Waals surface area (Å²) in [5.41, 5.74) is -4.21. The number of hydrogen-bond donors (Lipinski definition) is 3. The molecule has 0 amide bonds. The summed E-state index contributed by atoms with van der Waals surface area (Å²) < 4.78 is 36.5. The van der Waals surface area contributed by atoms with Gasteiger partial charge in [0.1, 0.15) is 6.10 Å². The third-order valence-electron chi connectivity index (χ3n) is 2.22. The van der Waals surface area contributed by atoms with E-state index in [1.807, 2.05) is 0 Å². The molecule has 1 aromatic carbocycles. The van der Waals surface area contributed by atoms with Gasteiger partial charge in [-0.1, -0.05) is 12.1 Å². The van der Waals surface area contributed by atoms with Crippen molar-refractivity contribution in [2.45, 2.75) is 29.0 Å². The van der Waals surface area contributed by atoms with Crippen LogP contribution in [0, 0.1) is 0 Å². The molecule has 0 aromatic heterocycles. The van der Waals surface area contributed by atoms with Gasteiger partial charge in [0, 0.05) is 11.5 Å². The van der Waals surface area contributed by atoms with Crippen LogP contribution in [0.1, 0.15) is 18.1 Å². The van der Waals surface area contributed by atoms with Gasteiger partial charge < -0.3 is 15.3 Å². The van der Waals surface area contributed by atoms with Gasteiger partial charge in [0.15, 0.2) is 0 Å². The van der Waals surface area contributed by atoms with E-state index in [0.29, 0.717) is 0 Å². The van der Waals surface area contributed by atoms with Crippen LogP contribution in [-0.4, -0.2) is 33.5 Å². The zero-order valence-electron chi connectivity index (χ0n) is 9.26. The summed E-state index contributed by atoms with van der Waals surface area (Å²) in [4.78, 5) is -0.0600. The van der Waals surface area contributed by atoms with Crippen molar-refractivity contribution in [3.05, 3.63) is 29.8 Å². The van der Waals surface area contributed by atoms with Crippen LogP contribution in [0.25, 0.3) is 0 Å². The number of halogens is 3. The molecular formula is C11H13F3O3S. The van der Waals surface area contributed by atoms with E-state index in [4.69, 9.17) is 5.11 Å². The van der Waals surface area contributed by atoms with E-state index in [1.165, 1.54) is 24.3 Å². The topological polar surface area (TPSA) is 60.7 Å². The SMILES string of the molecule is OCCC(O)C(O)c1cccc(SC(F)(F)F)c1. The van der Waals surface area contributed by atoms with E-state index in [-0.39, 0.29) is 35.2 Å². The molecule has 2 unspecified atom stereocenters. The molecular weight excluding hydrogens is 269 g/mol. The second-order valence-corrected chi connectivity index (χ2v) is 4.78. The molecule has 0 spiro atoms. The first-order chi connectivity index (χ1) is 8.33. The summed E-state index contributed by atoms with van der Waals surface area (Å²) in [6.45, 7) is -0.310. The Hall–Kier alpha value is -0.760. The molecule has 0 saturated heterocycles. The van der Waals surface area contributed by atoms with E-state index in [2.05, 4.69) is 0 Å². The standard InChI is InChI=1S/C11H13F3O3S/c12-11(13,14)18-8-3-1-2-7(6-8)10(17)9(16)4-5-15/h1-3,6,9-10,15-17H,4-5H2. The van der Waals surface area contributed by atoms with Crippen molar-refractivity contribution in [2.24, 2.45) is 0 Å². The summed E-state index contributed by atoms with van der Waals surface area (Å²) in [5.74, 6) is 0. The van der Waals surface area contributed by atoms with Crippen LogP contribution in [-0.2, 0) is 0 Å². The Kier molecular flexibility index (Phi) is 5.46. The summed E-state index contributed by atoms with van der Waals surface area (Å²) in [6.07, 6.45) is -2.57. The highest BCUT2D eigenvalue weighted by Gasteiger charge is 2.29. The largest absolute Gasteiger partial charge is 0.446 e. The third-order valence-corrected chi connectivity index (χ3v) is 2.94. The molecule has 0 heterocycles. The number of aliphatic hydroxyl groups excluding tert-OH is 3. The van der Waals surface area contributed by atoms with Crippen LogP contribution in [0.2, 0.25) is 0 Å². The average Bonchev–Trinajstić information content (AvgIpc) is 2.26. The molecule has 0 fully saturated rings. The molecule has 7 heteroatoms. The molecule has 0 aliphatic carbocycles. The maximum absolute atomic E-state index is 12.2. The van der Waals surface area contributed by atoms with Crippen molar-refractivity contribution < 1.29 is 28.5 Å². The van der Waals surface area contributed by atoms with Crippen molar-refractivity contribution in [3.63, 3.8) is 0 Å². The molecule has 102 valence electrons. The summed E-state index contributed by atoms with van der Waals surface area (Å²) in [5, 5.41) is 27.8. The summed E-state index contributed by atoms with van der Waals surface area (Å²) >= 11 is -0.285. The first-order valence-electron chi connectivity index (χ1n) is 5.16. The quantitative estimate of drug-likeness (QED) is 0.724. The van der Waals surface area contributed by atoms with E-state index in [1.54, 1.807) is 0 Å². The Bertz CT molecular complexity index is 384.